The van der Waals surface area contributed by atoms with Gasteiger partial charge in [0.05, 0.1) is 42.8 Å². The molecule has 246 valence electrons. The first-order chi connectivity index (χ1) is 22.6. The number of aromatic amines is 2. The van der Waals surface area contributed by atoms with Crippen molar-refractivity contribution < 1.29 is 0 Å². The van der Waals surface area contributed by atoms with E-state index >= 15 is 0 Å². The molecule has 0 fully saturated rings. The molecule has 5 heterocycles. The van der Waals surface area contributed by atoms with Gasteiger partial charge in [0.2, 0.25) is 0 Å². The number of nitrogens with zero attached hydrogens (tertiary/aromatic N) is 2. The number of rotatable bonds is 18. The van der Waals surface area contributed by atoms with Gasteiger partial charge in [0.1, 0.15) is 0 Å². The lowest BCUT2D eigenvalue weighted by Crippen LogP contribution is -1.95. The summed E-state index contributed by atoms with van der Waals surface area (Å²) in [5.74, 6) is 0. The van der Waals surface area contributed by atoms with Gasteiger partial charge in [0, 0.05) is 16.6 Å². The molecule has 0 aliphatic carbocycles. The number of nitrogens with one attached hydrogen (secondary N) is 2. The standard InChI is InChI=1S/C40H52Br2N4/c1-3-5-7-9-11-13-15-17-19-29-31-21-25-35(43-31)39(41)37-27-23-33(45-37)30(20-18-16-14-12-10-8-6-4-2)34-24-28-38(46-34)40(42)36-26-22-32(29)44-36/h21-28,43-44H,3-20H2,1-2H3. The zero-order chi connectivity index (χ0) is 32.1. The van der Waals surface area contributed by atoms with Crippen molar-refractivity contribution in [3.63, 3.8) is 0 Å². The second-order valence-corrected chi connectivity index (χ2v) is 14.6. The topological polar surface area (TPSA) is 57.4 Å². The van der Waals surface area contributed by atoms with Crippen LogP contribution in [-0.2, 0) is 12.8 Å². The lowest BCUT2D eigenvalue weighted by Gasteiger charge is -2.05. The molecule has 2 aliphatic rings. The van der Waals surface area contributed by atoms with Gasteiger partial charge in [-0.25, -0.2) is 9.97 Å². The van der Waals surface area contributed by atoms with Gasteiger partial charge in [0.25, 0.3) is 0 Å². The molecule has 2 N–H and O–H groups in total. The average molecular weight is 749 g/mol. The molecule has 0 saturated carbocycles. The van der Waals surface area contributed by atoms with Crippen LogP contribution in [0.2, 0.25) is 0 Å². The van der Waals surface area contributed by atoms with Crippen molar-refractivity contribution in [1.29, 1.82) is 0 Å². The molecule has 0 radical (unpaired) electrons. The Hall–Kier alpha value is -2.44. The van der Waals surface area contributed by atoms with E-state index in [2.05, 4.69) is 104 Å². The SMILES string of the molecule is CCCCCCCCCCc1c2nc(c(Br)c3ccc([nH]3)c(CCCCCCCCCC)c3ccc([nH]3)c(Br)c3nc1C=C3)C=C2. The fourth-order valence-corrected chi connectivity index (χ4v) is 7.56. The second kappa shape index (κ2) is 18.2. The molecule has 2 aliphatic heterocycles. The Balaban J connectivity index is 1.47. The highest BCUT2D eigenvalue weighted by Gasteiger charge is 2.15. The van der Waals surface area contributed by atoms with Gasteiger partial charge in [-0.3, -0.25) is 0 Å². The molecule has 0 saturated heterocycles. The summed E-state index contributed by atoms with van der Waals surface area (Å²) in [5, 5.41) is 0. The van der Waals surface area contributed by atoms with Crippen molar-refractivity contribution in [3.05, 3.63) is 67.1 Å². The van der Waals surface area contributed by atoms with Crippen molar-refractivity contribution in [2.75, 3.05) is 0 Å². The van der Waals surface area contributed by atoms with Crippen LogP contribution in [0, 0.1) is 0 Å². The van der Waals surface area contributed by atoms with Gasteiger partial charge in [-0.2, -0.15) is 0 Å². The van der Waals surface area contributed by atoms with Gasteiger partial charge in [-0.1, -0.05) is 104 Å². The Morgan fingerprint density at radius 3 is 1.22 bits per heavy atom. The molecular formula is C40H52Br2N4. The van der Waals surface area contributed by atoms with Crippen LogP contribution >= 0.6 is 31.9 Å². The van der Waals surface area contributed by atoms with E-state index in [4.69, 9.17) is 9.97 Å². The average Bonchev–Trinajstić information content (AvgIpc) is 3.90. The second-order valence-electron chi connectivity index (χ2n) is 13.0. The summed E-state index contributed by atoms with van der Waals surface area (Å²) in [4.78, 5) is 17.8. The van der Waals surface area contributed by atoms with E-state index in [-0.39, 0.29) is 0 Å². The Bertz CT molecular complexity index is 1560. The number of unbranched alkanes of at least 4 members (excludes halogenated alkanes) is 14. The molecule has 8 bridgehead atoms. The van der Waals surface area contributed by atoms with E-state index in [1.807, 2.05) is 0 Å². The molecular weight excluding hydrogens is 696 g/mol. The Morgan fingerprint density at radius 1 is 0.435 bits per heavy atom. The number of H-pyrrole nitrogens is 2. The maximum absolute atomic E-state index is 5.15. The summed E-state index contributed by atoms with van der Waals surface area (Å²) < 4.78 is 1.99. The number of fused-ring (bicyclic) bond motifs is 8. The van der Waals surface area contributed by atoms with Crippen molar-refractivity contribution >= 4 is 78.2 Å². The van der Waals surface area contributed by atoms with Crippen molar-refractivity contribution in [3.8, 4) is 0 Å². The molecule has 0 unspecified atom stereocenters. The predicted molar refractivity (Wildman–Crippen MR) is 207 cm³/mol. The molecule has 0 atom stereocenters. The maximum atomic E-state index is 5.15. The number of halogens is 2. The monoisotopic (exact) mass is 746 g/mol. The van der Waals surface area contributed by atoms with Gasteiger partial charge >= 0.3 is 0 Å². The molecule has 5 rings (SSSR count). The first-order valence-electron chi connectivity index (χ1n) is 18.0. The highest BCUT2D eigenvalue weighted by atomic mass is 79.9. The van der Waals surface area contributed by atoms with Crippen LogP contribution in [0.4, 0.5) is 0 Å². The predicted octanol–water partition coefficient (Wildman–Crippen LogP) is 13.5. The third-order valence-electron chi connectivity index (χ3n) is 9.40. The summed E-state index contributed by atoms with van der Waals surface area (Å²) in [7, 11) is 0. The van der Waals surface area contributed by atoms with Crippen LogP contribution in [0.3, 0.4) is 0 Å². The largest absolute Gasteiger partial charge is 0.354 e. The highest BCUT2D eigenvalue weighted by Crippen LogP contribution is 2.31. The molecule has 46 heavy (non-hydrogen) atoms. The lowest BCUT2D eigenvalue weighted by atomic mass is 10.0. The molecule has 6 heteroatoms. The Kier molecular flexibility index (Phi) is 13.8. The van der Waals surface area contributed by atoms with Crippen LogP contribution in [-0.4, -0.2) is 19.9 Å². The molecule has 0 aromatic carbocycles. The van der Waals surface area contributed by atoms with Gasteiger partial charge in [-0.15, -0.1) is 0 Å². The van der Waals surface area contributed by atoms with E-state index < -0.39 is 0 Å². The highest BCUT2D eigenvalue weighted by molar-refractivity contribution is 9.11. The number of aryl methyl sites for hydroxylation is 1. The summed E-state index contributed by atoms with van der Waals surface area (Å²) in [6.45, 7) is 4.56. The maximum Gasteiger partial charge on any atom is 0.0800 e. The van der Waals surface area contributed by atoms with E-state index in [1.54, 1.807) is 0 Å². The Morgan fingerprint density at radius 2 is 0.783 bits per heavy atom. The van der Waals surface area contributed by atoms with E-state index in [0.29, 0.717) is 0 Å². The molecule has 4 nitrogen and oxygen atoms in total. The van der Waals surface area contributed by atoms with Crippen LogP contribution in [0.5, 0.6) is 0 Å². The fraction of sp³-hybridized carbons (Fsp3) is 0.500. The third-order valence-corrected chi connectivity index (χ3v) is 11.1. The molecule has 3 aromatic rings. The minimum atomic E-state index is 0.954. The van der Waals surface area contributed by atoms with Crippen molar-refractivity contribution in [2.24, 2.45) is 0 Å². The zero-order valence-corrected chi connectivity index (χ0v) is 31.2. The quantitative estimate of drug-likeness (QED) is 0.0877. The number of hydrogen-bond donors (Lipinski definition) is 2. The van der Waals surface area contributed by atoms with Gasteiger partial charge in [0.15, 0.2) is 0 Å². The summed E-state index contributed by atoms with van der Waals surface area (Å²) in [5.41, 5.74) is 10.9. The summed E-state index contributed by atoms with van der Waals surface area (Å²) in [6.07, 6.45) is 31.6. The minimum absolute atomic E-state index is 0.954. The van der Waals surface area contributed by atoms with Gasteiger partial charge < -0.3 is 9.97 Å². The van der Waals surface area contributed by atoms with E-state index in [0.717, 1.165) is 73.1 Å². The molecule has 0 amide bonds. The number of aromatic nitrogens is 4. The smallest absolute Gasteiger partial charge is 0.0800 e. The van der Waals surface area contributed by atoms with E-state index in [1.165, 1.54) is 107 Å². The Labute approximate surface area is 293 Å². The first kappa shape index (κ1) is 34.9. The first-order valence-corrected chi connectivity index (χ1v) is 19.6. The van der Waals surface area contributed by atoms with Crippen LogP contribution in [0.15, 0.2) is 33.2 Å². The zero-order valence-electron chi connectivity index (χ0n) is 28.0. The van der Waals surface area contributed by atoms with Gasteiger partial charge in [-0.05, 0) is 112 Å². The summed E-state index contributed by atoms with van der Waals surface area (Å²) in [6, 6.07) is 8.81. The lowest BCUT2D eigenvalue weighted by molar-refractivity contribution is 0.575. The molecule has 3 aromatic heterocycles. The minimum Gasteiger partial charge on any atom is -0.354 e. The van der Waals surface area contributed by atoms with E-state index in [9.17, 15) is 0 Å². The third kappa shape index (κ3) is 9.34. The summed E-state index contributed by atoms with van der Waals surface area (Å²) >= 11 is 7.83. The fourth-order valence-electron chi connectivity index (χ4n) is 6.65. The van der Waals surface area contributed by atoms with Crippen molar-refractivity contribution in [2.45, 2.75) is 129 Å². The van der Waals surface area contributed by atoms with Crippen LogP contribution in [0.1, 0.15) is 150 Å². The molecule has 0 spiro atoms. The van der Waals surface area contributed by atoms with Crippen LogP contribution in [0.25, 0.3) is 46.4 Å². The normalized spacial score (nSPS) is 12.4. The van der Waals surface area contributed by atoms with Crippen molar-refractivity contribution in [1.82, 2.24) is 19.9 Å². The number of hydrogen-bond acceptors (Lipinski definition) is 2. The van der Waals surface area contributed by atoms with Crippen LogP contribution < -0.4 is 0 Å².